The first-order valence-electron chi connectivity index (χ1n) is 9.27. The van der Waals surface area contributed by atoms with E-state index in [1.807, 2.05) is 30.3 Å². The number of quaternary nitrogens is 1. The van der Waals surface area contributed by atoms with Crippen molar-refractivity contribution < 1.29 is 14.7 Å². The van der Waals surface area contributed by atoms with Gasteiger partial charge >= 0.3 is 0 Å². The van der Waals surface area contributed by atoms with Crippen molar-refractivity contribution in [1.29, 1.82) is 0 Å². The highest BCUT2D eigenvalue weighted by molar-refractivity contribution is 9.10. The Morgan fingerprint density at radius 3 is 2.48 bits per heavy atom. The third kappa shape index (κ3) is 3.89. The Kier molecular flexibility index (Phi) is 5.23. The standard InChI is InChI=1S/C22H23BrN2O2/c1-27-19-6-4-18(5-7-19)25-12-10-24(11-13-25)15-21-20-8-3-17(23)14-16(20)2-9-22(21)26/h2-9,14,26H,10-13,15H2,1H3/p+1. The van der Waals surface area contributed by atoms with Crippen molar-refractivity contribution in [1.82, 2.24) is 0 Å². The minimum atomic E-state index is 0.398. The lowest BCUT2D eigenvalue weighted by Crippen LogP contribution is -3.13. The van der Waals surface area contributed by atoms with E-state index in [0.717, 1.165) is 59.3 Å². The number of hydrogen-bond acceptors (Lipinski definition) is 3. The summed E-state index contributed by atoms with van der Waals surface area (Å²) < 4.78 is 6.31. The molecule has 0 amide bonds. The smallest absolute Gasteiger partial charge is 0.125 e. The van der Waals surface area contributed by atoms with Crippen LogP contribution in [0.3, 0.4) is 0 Å². The molecule has 0 unspecified atom stereocenters. The van der Waals surface area contributed by atoms with Crippen molar-refractivity contribution in [2.24, 2.45) is 0 Å². The average Bonchev–Trinajstić information content (AvgIpc) is 2.71. The molecular weight excluding hydrogens is 404 g/mol. The molecule has 2 N–H and O–H groups in total. The predicted octanol–water partition coefficient (Wildman–Crippen LogP) is 3.22. The second-order valence-electron chi connectivity index (χ2n) is 7.04. The summed E-state index contributed by atoms with van der Waals surface area (Å²) in [5.41, 5.74) is 2.29. The van der Waals surface area contributed by atoms with Crippen LogP contribution in [0.4, 0.5) is 5.69 Å². The van der Waals surface area contributed by atoms with Gasteiger partial charge in [-0.1, -0.05) is 28.1 Å². The minimum Gasteiger partial charge on any atom is -0.507 e. The van der Waals surface area contributed by atoms with E-state index in [4.69, 9.17) is 4.74 Å². The van der Waals surface area contributed by atoms with E-state index in [1.165, 1.54) is 10.6 Å². The van der Waals surface area contributed by atoms with Crippen LogP contribution in [0.15, 0.2) is 59.1 Å². The van der Waals surface area contributed by atoms with Crippen molar-refractivity contribution in [3.05, 3.63) is 64.6 Å². The molecule has 0 atom stereocenters. The molecule has 1 aliphatic heterocycles. The van der Waals surface area contributed by atoms with E-state index in [0.29, 0.717) is 5.75 Å². The van der Waals surface area contributed by atoms with Crippen molar-refractivity contribution in [2.75, 3.05) is 38.2 Å². The lowest BCUT2D eigenvalue weighted by molar-refractivity contribution is -0.914. The normalized spacial score (nSPS) is 15.3. The van der Waals surface area contributed by atoms with Gasteiger partial charge < -0.3 is 19.6 Å². The second kappa shape index (κ2) is 7.79. The fourth-order valence-electron chi connectivity index (χ4n) is 3.84. The number of nitrogens with one attached hydrogen (secondary N) is 1. The van der Waals surface area contributed by atoms with Crippen molar-refractivity contribution in [3.8, 4) is 11.5 Å². The molecule has 0 bridgehead atoms. The first-order valence-corrected chi connectivity index (χ1v) is 10.1. The molecule has 1 heterocycles. The van der Waals surface area contributed by atoms with Gasteiger partial charge in [-0.25, -0.2) is 0 Å². The summed E-state index contributed by atoms with van der Waals surface area (Å²) in [4.78, 5) is 3.92. The maximum atomic E-state index is 10.4. The van der Waals surface area contributed by atoms with E-state index < -0.39 is 0 Å². The van der Waals surface area contributed by atoms with Gasteiger partial charge in [-0.15, -0.1) is 0 Å². The number of piperazine rings is 1. The van der Waals surface area contributed by atoms with Crippen LogP contribution in [-0.2, 0) is 6.54 Å². The summed E-state index contributed by atoms with van der Waals surface area (Å²) in [7, 11) is 1.69. The van der Waals surface area contributed by atoms with E-state index >= 15 is 0 Å². The highest BCUT2D eigenvalue weighted by atomic mass is 79.9. The van der Waals surface area contributed by atoms with Gasteiger partial charge in [-0.2, -0.15) is 0 Å². The lowest BCUT2D eigenvalue weighted by Gasteiger charge is -2.34. The summed E-state index contributed by atoms with van der Waals surface area (Å²) >= 11 is 3.53. The molecule has 1 saturated heterocycles. The summed E-state index contributed by atoms with van der Waals surface area (Å²) in [5, 5.41) is 12.7. The van der Waals surface area contributed by atoms with Crippen LogP contribution in [-0.4, -0.2) is 38.4 Å². The summed E-state index contributed by atoms with van der Waals surface area (Å²) in [6.45, 7) is 4.98. The van der Waals surface area contributed by atoms with Crippen LogP contribution in [0.1, 0.15) is 5.56 Å². The molecule has 3 aromatic carbocycles. The first kappa shape index (κ1) is 18.1. The molecule has 0 spiro atoms. The monoisotopic (exact) mass is 427 g/mol. The van der Waals surface area contributed by atoms with Crippen molar-refractivity contribution in [2.45, 2.75) is 6.54 Å². The maximum Gasteiger partial charge on any atom is 0.125 e. The van der Waals surface area contributed by atoms with E-state index in [2.05, 4.69) is 45.1 Å². The van der Waals surface area contributed by atoms with Crippen LogP contribution in [0, 0.1) is 0 Å². The van der Waals surface area contributed by atoms with E-state index in [1.54, 1.807) is 7.11 Å². The van der Waals surface area contributed by atoms with Crippen LogP contribution in [0.25, 0.3) is 10.8 Å². The van der Waals surface area contributed by atoms with Gasteiger partial charge in [-0.3, -0.25) is 0 Å². The summed E-state index contributed by atoms with van der Waals surface area (Å²) in [6, 6.07) is 18.3. The number of hydrogen-bond donors (Lipinski definition) is 2. The Balaban J connectivity index is 1.46. The number of methoxy groups -OCH3 is 1. The van der Waals surface area contributed by atoms with Gasteiger partial charge in [-0.05, 0) is 53.2 Å². The Bertz CT molecular complexity index is 935. The number of fused-ring (bicyclic) bond motifs is 1. The molecule has 0 aromatic heterocycles. The van der Waals surface area contributed by atoms with E-state index in [9.17, 15) is 5.11 Å². The number of rotatable bonds is 4. The van der Waals surface area contributed by atoms with Crippen LogP contribution in [0.5, 0.6) is 11.5 Å². The van der Waals surface area contributed by atoms with E-state index in [-0.39, 0.29) is 0 Å². The molecule has 27 heavy (non-hydrogen) atoms. The van der Waals surface area contributed by atoms with Gasteiger partial charge in [0.15, 0.2) is 0 Å². The molecule has 3 aromatic rings. The number of phenolic OH excluding ortho intramolecular Hbond substituents is 1. The third-order valence-corrected chi connectivity index (χ3v) is 5.90. The average molecular weight is 428 g/mol. The molecule has 5 heteroatoms. The Morgan fingerprint density at radius 2 is 1.78 bits per heavy atom. The highest BCUT2D eigenvalue weighted by Gasteiger charge is 2.22. The van der Waals surface area contributed by atoms with Crippen molar-refractivity contribution >= 4 is 32.4 Å². The van der Waals surface area contributed by atoms with Gasteiger partial charge in [0.25, 0.3) is 0 Å². The fourth-order valence-corrected chi connectivity index (χ4v) is 4.22. The van der Waals surface area contributed by atoms with Crippen LogP contribution < -0.4 is 14.5 Å². The topological polar surface area (TPSA) is 37.1 Å². The Labute approximate surface area is 168 Å². The third-order valence-electron chi connectivity index (χ3n) is 5.40. The van der Waals surface area contributed by atoms with Crippen molar-refractivity contribution in [3.63, 3.8) is 0 Å². The molecule has 140 valence electrons. The Morgan fingerprint density at radius 1 is 1.04 bits per heavy atom. The molecule has 0 radical (unpaired) electrons. The number of anilines is 1. The number of benzene rings is 3. The predicted molar refractivity (Wildman–Crippen MR) is 113 cm³/mol. The molecular formula is C22H24BrN2O2+. The number of aromatic hydroxyl groups is 1. The molecule has 4 nitrogen and oxygen atoms in total. The first-order chi connectivity index (χ1) is 13.1. The molecule has 0 aliphatic carbocycles. The molecule has 1 aliphatic rings. The summed E-state index contributed by atoms with van der Waals surface area (Å²) in [5.74, 6) is 1.29. The number of ether oxygens (including phenoxy) is 1. The van der Waals surface area contributed by atoms with Gasteiger partial charge in [0.05, 0.1) is 38.9 Å². The number of nitrogens with zero attached hydrogens (tertiary/aromatic N) is 1. The van der Waals surface area contributed by atoms with Gasteiger partial charge in [0, 0.05) is 10.2 Å². The quantitative estimate of drug-likeness (QED) is 0.670. The molecule has 1 fully saturated rings. The second-order valence-corrected chi connectivity index (χ2v) is 7.96. The SMILES string of the molecule is COc1ccc(N2CC[NH+](Cc3c(O)ccc4cc(Br)ccc34)CC2)cc1. The highest BCUT2D eigenvalue weighted by Crippen LogP contribution is 2.29. The largest absolute Gasteiger partial charge is 0.507 e. The minimum absolute atomic E-state index is 0.398. The molecule has 4 rings (SSSR count). The van der Waals surface area contributed by atoms with Crippen LogP contribution >= 0.6 is 15.9 Å². The number of phenols is 1. The number of halogens is 1. The van der Waals surface area contributed by atoms with Gasteiger partial charge in [0.2, 0.25) is 0 Å². The Hall–Kier alpha value is -2.24. The zero-order chi connectivity index (χ0) is 18.8. The lowest BCUT2D eigenvalue weighted by atomic mass is 10.0. The van der Waals surface area contributed by atoms with Gasteiger partial charge in [0.1, 0.15) is 18.0 Å². The zero-order valence-electron chi connectivity index (χ0n) is 15.4. The zero-order valence-corrected chi connectivity index (χ0v) is 17.0. The fraction of sp³-hybridized carbons (Fsp3) is 0.273. The van der Waals surface area contributed by atoms with Crippen LogP contribution in [0.2, 0.25) is 0 Å². The molecule has 0 saturated carbocycles. The maximum absolute atomic E-state index is 10.4. The summed E-state index contributed by atoms with van der Waals surface area (Å²) in [6.07, 6.45) is 0.